The van der Waals surface area contributed by atoms with Crippen molar-refractivity contribution in [3.63, 3.8) is 0 Å². The van der Waals surface area contributed by atoms with E-state index in [0.29, 0.717) is 24.8 Å². The van der Waals surface area contributed by atoms with Crippen LogP contribution in [0.5, 0.6) is 0 Å². The molecule has 2 aromatic heterocycles. The van der Waals surface area contributed by atoms with Gasteiger partial charge >= 0.3 is 11.8 Å². The Morgan fingerprint density at radius 2 is 1.88 bits per heavy atom. The molecule has 0 aliphatic heterocycles. The van der Waals surface area contributed by atoms with E-state index in [1.807, 2.05) is 6.07 Å². The fourth-order valence-electron chi connectivity index (χ4n) is 8.03. The molecule has 0 amide bonds. The summed E-state index contributed by atoms with van der Waals surface area (Å²) < 4.78 is 9.49. The van der Waals surface area contributed by atoms with E-state index in [0.717, 1.165) is 35.9 Å². The van der Waals surface area contributed by atoms with Crippen molar-refractivity contribution < 1.29 is 14.5 Å². The Bertz CT molecular complexity index is 1700. The van der Waals surface area contributed by atoms with Gasteiger partial charge in [0.1, 0.15) is 12.7 Å². The molecular weight excluding hydrogens is 516 g/mol. The number of carbonyl (C=O) groups is 1. The van der Waals surface area contributed by atoms with Crippen molar-refractivity contribution >= 4 is 22.7 Å². The molecule has 0 bridgehead atoms. The molecule has 1 fully saturated rings. The van der Waals surface area contributed by atoms with Gasteiger partial charge < -0.3 is 19.4 Å². The van der Waals surface area contributed by atoms with Gasteiger partial charge in [-0.25, -0.2) is 9.55 Å². The summed E-state index contributed by atoms with van der Waals surface area (Å²) in [6.07, 6.45) is 4.02. The van der Waals surface area contributed by atoms with Crippen LogP contribution in [0.15, 0.2) is 48.7 Å². The predicted octanol–water partition coefficient (Wildman–Crippen LogP) is 7.26. The molecule has 0 radical (unpaired) electrons. The molecule has 41 heavy (non-hydrogen) atoms. The molecule has 2 aromatic carbocycles. The van der Waals surface area contributed by atoms with Crippen LogP contribution in [0.1, 0.15) is 81.3 Å². The second-order valence-corrected chi connectivity index (χ2v) is 12.6. The van der Waals surface area contributed by atoms with Gasteiger partial charge in [0, 0.05) is 34.7 Å². The normalized spacial score (nSPS) is 23.2. The summed E-state index contributed by atoms with van der Waals surface area (Å²) in [5.41, 5.74) is 6.16. The number of imidazole rings is 1. The molecule has 3 atom stereocenters. The highest BCUT2D eigenvalue weighted by Crippen LogP contribution is 2.65. The van der Waals surface area contributed by atoms with E-state index in [2.05, 4.69) is 73.6 Å². The summed E-state index contributed by atoms with van der Waals surface area (Å²) in [7, 11) is 1.50. The van der Waals surface area contributed by atoms with E-state index in [9.17, 15) is 14.9 Å². The molecule has 1 saturated carbocycles. The van der Waals surface area contributed by atoms with Crippen molar-refractivity contribution in [3.8, 4) is 11.3 Å². The molecule has 0 spiro atoms. The van der Waals surface area contributed by atoms with Crippen molar-refractivity contribution in [2.45, 2.75) is 84.2 Å². The molecule has 8 nitrogen and oxygen atoms in total. The van der Waals surface area contributed by atoms with E-state index in [-0.39, 0.29) is 28.0 Å². The van der Waals surface area contributed by atoms with Gasteiger partial charge in [-0.2, -0.15) is 0 Å². The van der Waals surface area contributed by atoms with E-state index in [4.69, 9.17) is 4.74 Å². The monoisotopic (exact) mass is 554 g/mol. The average Bonchev–Trinajstić information content (AvgIpc) is 3.48. The molecule has 0 N–H and O–H groups in total. The predicted molar refractivity (Wildman–Crippen MR) is 159 cm³/mol. The summed E-state index contributed by atoms with van der Waals surface area (Å²) in [6.45, 7) is 11.6. The number of nitrogens with zero attached hydrogens (tertiary/aromatic N) is 4. The molecule has 2 aliphatic rings. The van der Waals surface area contributed by atoms with Crippen LogP contribution in [0, 0.1) is 22.5 Å². The summed E-state index contributed by atoms with van der Waals surface area (Å²) in [4.78, 5) is 29.2. The number of esters is 1. The number of para-hydroxylation sites is 1. The molecule has 2 heterocycles. The van der Waals surface area contributed by atoms with Crippen molar-refractivity contribution in [1.29, 1.82) is 0 Å². The van der Waals surface area contributed by atoms with Crippen LogP contribution in [-0.2, 0) is 28.0 Å². The maximum Gasteiger partial charge on any atom is 0.342 e. The lowest BCUT2D eigenvalue weighted by Crippen LogP contribution is -2.50. The Balaban J connectivity index is 1.66. The summed E-state index contributed by atoms with van der Waals surface area (Å²) in [5, 5.41) is 12.9. The van der Waals surface area contributed by atoms with Gasteiger partial charge in [-0.1, -0.05) is 57.5 Å². The third kappa shape index (κ3) is 3.86. The van der Waals surface area contributed by atoms with Gasteiger partial charge in [0.05, 0.1) is 24.8 Å². The molecule has 1 unspecified atom stereocenters. The summed E-state index contributed by atoms with van der Waals surface area (Å²) in [5.74, 6) is 0.716. The SMILES string of the molecule is COC(=O)[C@]1(C)CCC[C@]2(C)c3ccc(C(C)C)cc3-c3c(c4ccccc4n3CCn3c([N+](=O)[O-])cnc3C)C12. The molecular formula is C33H38N4O4. The Kier molecular flexibility index (Phi) is 6.36. The second kappa shape index (κ2) is 9.57. The average molecular weight is 555 g/mol. The largest absolute Gasteiger partial charge is 0.469 e. The maximum absolute atomic E-state index is 13.6. The topological polar surface area (TPSA) is 92.2 Å². The van der Waals surface area contributed by atoms with Crippen LogP contribution >= 0.6 is 0 Å². The van der Waals surface area contributed by atoms with Gasteiger partial charge in [-0.15, -0.1) is 0 Å². The third-order valence-corrected chi connectivity index (χ3v) is 9.97. The minimum atomic E-state index is -0.695. The van der Waals surface area contributed by atoms with Crippen molar-refractivity contribution in [2.24, 2.45) is 5.41 Å². The molecule has 8 heteroatoms. The molecule has 214 valence electrons. The van der Waals surface area contributed by atoms with Gasteiger partial charge in [0.25, 0.3) is 0 Å². The van der Waals surface area contributed by atoms with Gasteiger partial charge in [-0.3, -0.25) is 4.79 Å². The lowest BCUT2D eigenvalue weighted by molar-refractivity contribution is -0.392. The number of aromatic nitrogens is 3. The van der Waals surface area contributed by atoms with E-state index in [1.165, 1.54) is 35.6 Å². The first-order valence-corrected chi connectivity index (χ1v) is 14.5. The van der Waals surface area contributed by atoms with Crippen molar-refractivity contribution in [1.82, 2.24) is 14.1 Å². The number of fused-ring (bicyclic) bond motifs is 8. The lowest BCUT2D eigenvalue weighted by atomic mass is 9.49. The van der Waals surface area contributed by atoms with Crippen LogP contribution in [0.25, 0.3) is 22.2 Å². The van der Waals surface area contributed by atoms with Crippen LogP contribution in [-0.4, -0.2) is 32.1 Å². The minimum Gasteiger partial charge on any atom is -0.469 e. The van der Waals surface area contributed by atoms with Gasteiger partial charge in [0.2, 0.25) is 0 Å². The van der Waals surface area contributed by atoms with Gasteiger partial charge in [-0.05, 0) is 59.4 Å². The fraction of sp³-hybridized carbons (Fsp3) is 0.455. The van der Waals surface area contributed by atoms with Gasteiger partial charge in [0.15, 0.2) is 5.82 Å². The zero-order valence-corrected chi connectivity index (χ0v) is 24.7. The second-order valence-electron chi connectivity index (χ2n) is 12.6. The zero-order chi connectivity index (χ0) is 29.3. The number of rotatable bonds is 6. The Morgan fingerprint density at radius 1 is 1.15 bits per heavy atom. The number of methoxy groups -OCH3 is 1. The number of benzene rings is 2. The van der Waals surface area contributed by atoms with Crippen molar-refractivity contribution in [3.05, 3.63) is 81.3 Å². The van der Waals surface area contributed by atoms with Crippen LogP contribution < -0.4 is 0 Å². The van der Waals surface area contributed by atoms with E-state index >= 15 is 0 Å². The number of aryl methyl sites for hydroxylation is 2. The summed E-state index contributed by atoms with van der Waals surface area (Å²) >= 11 is 0. The van der Waals surface area contributed by atoms with Crippen LogP contribution in [0.2, 0.25) is 0 Å². The molecule has 0 saturated heterocycles. The Labute approximate surface area is 240 Å². The quantitative estimate of drug-likeness (QED) is 0.142. The van der Waals surface area contributed by atoms with E-state index in [1.54, 1.807) is 11.5 Å². The number of nitro groups is 1. The van der Waals surface area contributed by atoms with Crippen LogP contribution in [0.4, 0.5) is 5.82 Å². The van der Waals surface area contributed by atoms with Crippen molar-refractivity contribution in [2.75, 3.05) is 7.11 Å². The maximum atomic E-state index is 13.6. The number of carbonyl (C=O) groups excluding carboxylic acids is 1. The molecule has 6 rings (SSSR count). The lowest BCUT2D eigenvalue weighted by Gasteiger charge is -2.54. The minimum absolute atomic E-state index is 0.00607. The number of hydrogen-bond acceptors (Lipinski definition) is 5. The number of ether oxygens (including phenoxy) is 1. The highest BCUT2D eigenvalue weighted by Gasteiger charge is 2.58. The Hall–Kier alpha value is -3.94. The standard InChI is InChI=1S/C33H38N4O4/c1-20(2)22-12-13-25-24(18-22)29-28(30-32(25,4)14-9-15-33(30,5)31(38)41-6)23-10-7-8-11-26(23)36(29)17-16-35-21(3)34-19-27(35)37(39)40/h7-8,10-13,18-20,30H,9,14-17H2,1-6H3/t30?,32-,33-/m1/s1. The molecule has 2 aliphatic carbocycles. The van der Waals surface area contributed by atoms with Crippen LogP contribution in [0.3, 0.4) is 0 Å². The Morgan fingerprint density at radius 3 is 2.59 bits per heavy atom. The fourth-order valence-corrected chi connectivity index (χ4v) is 8.03. The molecule has 4 aromatic rings. The summed E-state index contributed by atoms with van der Waals surface area (Å²) in [6, 6.07) is 15.3. The first-order chi connectivity index (χ1) is 19.5. The highest BCUT2D eigenvalue weighted by atomic mass is 16.6. The first kappa shape index (κ1) is 27.2. The zero-order valence-electron chi connectivity index (χ0n) is 24.7. The van der Waals surface area contributed by atoms with E-state index < -0.39 is 5.41 Å². The smallest absolute Gasteiger partial charge is 0.342 e. The first-order valence-electron chi connectivity index (χ1n) is 14.5. The third-order valence-electron chi connectivity index (χ3n) is 9.97. The number of hydrogen-bond donors (Lipinski definition) is 0. The highest BCUT2D eigenvalue weighted by molar-refractivity contribution is 5.96.